The SMILES string of the molecule is CCc1c(N)ncnc1N1CCC(c2nc(-c3ccc(F)cc3)cn2CCN2CCCC2)CC1. The molecule has 34 heavy (non-hydrogen) atoms. The van der Waals surface area contributed by atoms with Gasteiger partial charge in [-0.1, -0.05) is 6.92 Å². The Morgan fingerprint density at radius 2 is 1.74 bits per heavy atom. The molecule has 0 radical (unpaired) electrons. The summed E-state index contributed by atoms with van der Waals surface area (Å²) in [6.07, 6.45) is 9.16. The number of halogens is 1. The lowest BCUT2D eigenvalue weighted by atomic mass is 9.95. The minimum atomic E-state index is -0.221. The van der Waals surface area contributed by atoms with Gasteiger partial charge in [0.1, 0.15) is 29.6 Å². The van der Waals surface area contributed by atoms with Crippen molar-refractivity contribution in [1.29, 1.82) is 0 Å². The fourth-order valence-electron chi connectivity index (χ4n) is 5.33. The van der Waals surface area contributed by atoms with Crippen LogP contribution in [0.5, 0.6) is 0 Å². The maximum Gasteiger partial charge on any atom is 0.137 e. The fraction of sp³-hybridized carbons (Fsp3) is 0.500. The molecule has 2 saturated heterocycles. The second kappa shape index (κ2) is 10.1. The van der Waals surface area contributed by atoms with Gasteiger partial charge in [0.2, 0.25) is 0 Å². The standard InChI is InChI=1S/C26H34FN7/c1-2-22-24(28)29-18-30-26(22)33-13-9-20(10-14-33)25-31-23(19-5-7-21(27)8-6-19)17-34(25)16-15-32-11-3-4-12-32/h5-8,17-18,20H,2-4,9-16H2,1H3,(H2,28,29,30). The van der Waals surface area contributed by atoms with Crippen LogP contribution in [0.3, 0.4) is 0 Å². The van der Waals surface area contributed by atoms with Crippen LogP contribution in [0.1, 0.15) is 49.9 Å². The number of nitrogens with zero attached hydrogens (tertiary/aromatic N) is 6. The van der Waals surface area contributed by atoms with Gasteiger partial charge >= 0.3 is 0 Å². The summed E-state index contributed by atoms with van der Waals surface area (Å²) < 4.78 is 15.8. The van der Waals surface area contributed by atoms with Crippen molar-refractivity contribution >= 4 is 11.6 Å². The lowest BCUT2D eigenvalue weighted by Gasteiger charge is -2.34. The van der Waals surface area contributed by atoms with Crippen molar-refractivity contribution in [2.75, 3.05) is 43.4 Å². The van der Waals surface area contributed by atoms with Crippen LogP contribution in [0.15, 0.2) is 36.8 Å². The van der Waals surface area contributed by atoms with E-state index in [2.05, 4.69) is 37.5 Å². The van der Waals surface area contributed by atoms with E-state index < -0.39 is 0 Å². The van der Waals surface area contributed by atoms with Crippen molar-refractivity contribution < 1.29 is 4.39 Å². The third kappa shape index (κ3) is 4.78. The predicted octanol–water partition coefficient (Wildman–Crippen LogP) is 4.10. The molecule has 2 aromatic heterocycles. The van der Waals surface area contributed by atoms with Crippen LogP contribution in [-0.2, 0) is 13.0 Å². The number of imidazole rings is 1. The number of hydrogen-bond acceptors (Lipinski definition) is 6. The molecule has 7 nitrogen and oxygen atoms in total. The Morgan fingerprint density at radius 1 is 1.00 bits per heavy atom. The Labute approximate surface area is 200 Å². The molecule has 0 bridgehead atoms. The molecule has 8 heteroatoms. The minimum Gasteiger partial charge on any atom is -0.383 e. The first-order valence-electron chi connectivity index (χ1n) is 12.5. The number of aromatic nitrogens is 4. The molecule has 0 amide bonds. The zero-order valence-electron chi connectivity index (χ0n) is 20.0. The van der Waals surface area contributed by atoms with Crippen LogP contribution < -0.4 is 10.6 Å². The van der Waals surface area contributed by atoms with Crippen LogP contribution in [-0.4, -0.2) is 57.1 Å². The van der Waals surface area contributed by atoms with Gasteiger partial charge < -0.3 is 20.1 Å². The lowest BCUT2D eigenvalue weighted by molar-refractivity contribution is 0.317. The second-order valence-electron chi connectivity index (χ2n) is 9.41. The van der Waals surface area contributed by atoms with Crippen molar-refractivity contribution in [1.82, 2.24) is 24.4 Å². The van der Waals surface area contributed by atoms with Crippen LogP contribution in [0.25, 0.3) is 11.3 Å². The summed E-state index contributed by atoms with van der Waals surface area (Å²) in [6, 6.07) is 6.66. The number of nitrogen functional groups attached to an aromatic ring is 1. The molecule has 4 heterocycles. The number of benzene rings is 1. The van der Waals surface area contributed by atoms with E-state index in [-0.39, 0.29) is 5.82 Å². The molecule has 3 aromatic rings. The molecule has 180 valence electrons. The molecule has 0 saturated carbocycles. The van der Waals surface area contributed by atoms with Crippen molar-refractivity contribution in [3.05, 3.63) is 54.0 Å². The van der Waals surface area contributed by atoms with Gasteiger partial charge in [-0.25, -0.2) is 19.3 Å². The summed E-state index contributed by atoms with van der Waals surface area (Å²) in [5, 5.41) is 0. The van der Waals surface area contributed by atoms with Crippen molar-refractivity contribution in [3.63, 3.8) is 0 Å². The summed E-state index contributed by atoms with van der Waals surface area (Å²) in [5.41, 5.74) is 9.03. The zero-order chi connectivity index (χ0) is 23.5. The third-order valence-corrected chi connectivity index (χ3v) is 7.27. The van der Waals surface area contributed by atoms with Crippen molar-refractivity contribution in [2.45, 2.75) is 51.5 Å². The molecular formula is C26H34FN7. The normalized spacial score (nSPS) is 17.5. The summed E-state index contributed by atoms with van der Waals surface area (Å²) in [7, 11) is 0. The summed E-state index contributed by atoms with van der Waals surface area (Å²) in [6.45, 7) is 8.29. The Morgan fingerprint density at radius 3 is 2.44 bits per heavy atom. The highest BCUT2D eigenvalue weighted by molar-refractivity contribution is 5.59. The lowest BCUT2D eigenvalue weighted by Crippen LogP contribution is -2.35. The van der Waals surface area contributed by atoms with Crippen LogP contribution >= 0.6 is 0 Å². The first-order chi connectivity index (χ1) is 16.6. The average Bonchev–Trinajstić information content (AvgIpc) is 3.53. The zero-order valence-corrected chi connectivity index (χ0v) is 20.0. The second-order valence-corrected chi connectivity index (χ2v) is 9.41. The van der Waals surface area contributed by atoms with Crippen LogP contribution in [0.2, 0.25) is 0 Å². The van der Waals surface area contributed by atoms with E-state index in [1.807, 2.05) is 12.1 Å². The monoisotopic (exact) mass is 463 g/mol. The van der Waals surface area contributed by atoms with Crippen LogP contribution in [0.4, 0.5) is 16.0 Å². The summed E-state index contributed by atoms with van der Waals surface area (Å²) in [4.78, 5) is 18.7. The van der Waals surface area contributed by atoms with Crippen molar-refractivity contribution in [2.24, 2.45) is 0 Å². The molecule has 2 fully saturated rings. The first-order valence-corrected chi connectivity index (χ1v) is 12.5. The fourth-order valence-corrected chi connectivity index (χ4v) is 5.33. The van der Waals surface area contributed by atoms with E-state index in [9.17, 15) is 4.39 Å². The highest BCUT2D eigenvalue weighted by Gasteiger charge is 2.27. The Hall–Kier alpha value is -3.00. The van der Waals surface area contributed by atoms with Gasteiger partial charge in [0.15, 0.2) is 0 Å². The van der Waals surface area contributed by atoms with Gasteiger partial charge in [0.05, 0.1) is 5.69 Å². The molecule has 2 N–H and O–H groups in total. The quantitative estimate of drug-likeness (QED) is 0.569. The molecule has 5 rings (SSSR count). The number of nitrogens with two attached hydrogens (primary N) is 1. The molecule has 0 unspecified atom stereocenters. The molecule has 2 aliphatic heterocycles. The number of likely N-dealkylation sites (tertiary alicyclic amines) is 1. The number of rotatable bonds is 7. The number of piperidine rings is 1. The highest BCUT2D eigenvalue weighted by atomic mass is 19.1. The number of hydrogen-bond donors (Lipinski definition) is 1. The third-order valence-electron chi connectivity index (χ3n) is 7.27. The molecule has 2 aliphatic rings. The van der Waals surface area contributed by atoms with E-state index in [0.717, 1.165) is 73.9 Å². The van der Waals surface area contributed by atoms with E-state index in [0.29, 0.717) is 11.7 Å². The highest BCUT2D eigenvalue weighted by Crippen LogP contribution is 2.33. The predicted molar refractivity (Wildman–Crippen MR) is 133 cm³/mol. The van der Waals surface area contributed by atoms with Gasteiger partial charge in [0, 0.05) is 49.4 Å². The largest absolute Gasteiger partial charge is 0.383 e. The minimum absolute atomic E-state index is 0.221. The van der Waals surface area contributed by atoms with Crippen LogP contribution in [0, 0.1) is 5.82 Å². The van der Waals surface area contributed by atoms with Gasteiger partial charge in [-0.15, -0.1) is 0 Å². The van der Waals surface area contributed by atoms with Gasteiger partial charge in [-0.3, -0.25) is 0 Å². The van der Waals surface area contributed by atoms with Crippen molar-refractivity contribution in [3.8, 4) is 11.3 Å². The van der Waals surface area contributed by atoms with Gasteiger partial charge in [-0.2, -0.15) is 0 Å². The summed E-state index contributed by atoms with van der Waals surface area (Å²) in [5.74, 6) is 2.86. The Kier molecular flexibility index (Phi) is 6.76. The van der Waals surface area contributed by atoms with E-state index in [1.165, 1.54) is 38.1 Å². The summed E-state index contributed by atoms with van der Waals surface area (Å²) >= 11 is 0. The Bertz CT molecular complexity index is 1100. The molecule has 0 aliphatic carbocycles. The molecule has 0 atom stereocenters. The topological polar surface area (TPSA) is 76.1 Å². The molecular weight excluding hydrogens is 429 g/mol. The molecule has 1 aromatic carbocycles. The first kappa shape index (κ1) is 22.8. The number of anilines is 2. The van der Waals surface area contributed by atoms with E-state index in [4.69, 9.17) is 10.7 Å². The van der Waals surface area contributed by atoms with E-state index in [1.54, 1.807) is 6.33 Å². The average molecular weight is 464 g/mol. The maximum atomic E-state index is 13.5. The van der Waals surface area contributed by atoms with Gasteiger partial charge in [-0.05, 0) is 69.5 Å². The Balaban J connectivity index is 1.35. The molecule has 0 spiro atoms. The van der Waals surface area contributed by atoms with Gasteiger partial charge in [0.25, 0.3) is 0 Å². The van der Waals surface area contributed by atoms with E-state index >= 15 is 0 Å². The maximum absolute atomic E-state index is 13.5. The smallest absolute Gasteiger partial charge is 0.137 e.